The van der Waals surface area contributed by atoms with Crippen molar-refractivity contribution in [3.63, 3.8) is 0 Å². The number of rotatable bonds is 4. The summed E-state index contributed by atoms with van der Waals surface area (Å²) in [6.07, 6.45) is -1.57. The fraction of sp³-hybridized carbons (Fsp3) is 0.409. The molecule has 0 N–H and O–H groups in total. The van der Waals surface area contributed by atoms with Gasteiger partial charge >= 0.3 is 6.18 Å². The molecule has 8 nitrogen and oxygen atoms in total. The molecule has 1 aliphatic carbocycles. The SMILES string of the molecule is Cn1nc2c(=O)n(C3CC3)cnc2c1C(=NS(=O)C(C)(C)C)c1ccc(C(F)(F)F)c(C#N)c1. The molecular weight excluding hydrogens is 469 g/mol. The van der Waals surface area contributed by atoms with Gasteiger partial charge < -0.3 is 0 Å². The molecule has 0 saturated heterocycles. The summed E-state index contributed by atoms with van der Waals surface area (Å²) in [6.45, 7) is 5.10. The van der Waals surface area contributed by atoms with Crippen LogP contribution in [-0.2, 0) is 24.2 Å². The van der Waals surface area contributed by atoms with Gasteiger partial charge in [0.05, 0.1) is 28.3 Å². The van der Waals surface area contributed by atoms with Crippen LogP contribution >= 0.6 is 0 Å². The van der Waals surface area contributed by atoms with E-state index in [4.69, 9.17) is 0 Å². The van der Waals surface area contributed by atoms with E-state index in [1.807, 2.05) is 0 Å². The molecule has 178 valence electrons. The quantitative estimate of drug-likeness (QED) is 0.519. The first-order chi connectivity index (χ1) is 15.8. The first-order valence-corrected chi connectivity index (χ1v) is 11.5. The van der Waals surface area contributed by atoms with E-state index in [0.717, 1.165) is 31.0 Å². The number of nitriles is 1. The minimum Gasteiger partial charge on any atom is -0.294 e. The zero-order valence-corrected chi connectivity index (χ0v) is 19.7. The number of aryl methyl sites for hydroxylation is 1. The molecule has 1 unspecified atom stereocenters. The highest BCUT2D eigenvalue weighted by Crippen LogP contribution is 2.34. The maximum atomic E-state index is 13.3. The number of hydrogen-bond acceptors (Lipinski definition) is 5. The van der Waals surface area contributed by atoms with Crippen molar-refractivity contribution in [2.45, 2.75) is 50.6 Å². The number of alkyl halides is 3. The van der Waals surface area contributed by atoms with Crippen LogP contribution in [-0.4, -0.2) is 34.0 Å². The Morgan fingerprint density at radius 2 is 1.91 bits per heavy atom. The van der Waals surface area contributed by atoms with Crippen molar-refractivity contribution in [3.05, 3.63) is 57.3 Å². The first-order valence-electron chi connectivity index (χ1n) is 10.4. The van der Waals surface area contributed by atoms with Gasteiger partial charge in [0.1, 0.15) is 27.9 Å². The normalized spacial score (nSPS) is 16.0. The van der Waals surface area contributed by atoms with E-state index < -0.39 is 33.0 Å². The number of nitrogens with zero attached hydrogens (tertiary/aromatic N) is 6. The maximum absolute atomic E-state index is 13.3. The van der Waals surface area contributed by atoms with Crippen LogP contribution in [0.5, 0.6) is 0 Å². The molecule has 4 rings (SSSR count). The monoisotopic (exact) mass is 490 g/mol. The fourth-order valence-corrected chi connectivity index (χ4v) is 4.07. The number of fused-ring (bicyclic) bond motifs is 1. The molecule has 0 bridgehead atoms. The van der Waals surface area contributed by atoms with Gasteiger partial charge in [0.25, 0.3) is 5.56 Å². The third kappa shape index (κ3) is 4.27. The first kappa shape index (κ1) is 23.8. The zero-order chi connectivity index (χ0) is 25.0. The van der Waals surface area contributed by atoms with Crippen LogP contribution in [0.25, 0.3) is 11.0 Å². The van der Waals surface area contributed by atoms with Gasteiger partial charge in [-0.2, -0.15) is 27.9 Å². The van der Waals surface area contributed by atoms with E-state index in [9.17, 15) is 27.4 Å². The van der Waals surface area contributed by atoms with Crippen LogP contribution in [0, 0.1) is 11.3 Å². The molecule has 1 atom stereocenters. The Bertz CT molecular complexity index is 1450. The highest BCUT2D eigenvalue weighted by molar-refractivity contribution is 7.85. The molecule has 1 aromatic carbocycles. The van der Waals surface area contributed by atoms with Gasteiger partial charge in [0.15, 0.2) is 5.52 Å². The van der Waals surface area contributed by atoms with Gasteiger partial charge in [-0.15, -0.1) is 0 Å². The van der Waals surface area contributed by atoms with E-state index in [1.54, 1.807) is 33.9 Å². The van der Waals surface area contributed by atoms with E-state index in [0.29, 0.717) is 0 Å². The van der Waals surface area contributed by atoms with Crippen LogP contribution < -0.4 is 5.56 Å². The second kappa shape index (κ2) is 8.16. The Morgan fingerprint density at radius 1 is 1.24 bits per heavy atom. The lowest BCUT2D eigenvalue weighted by Gasteiger charge is -2.16. The molecule has 3 aromatic rings. The van der Waals surface area contributed by atoms with Gasteiger partial charge in [-0.05, 0) is 45.7 Å². The topological polar surface area (TPSA) is 106 Å². The number of benzene rings is 1. The summed E-state index contributed by atoms with van der Waals surface area (Å²) in [5, 5.41) is 13.7. The van der Waals surface area contributed by atoms with Crippen LogP contribution in [0.15, 0.2) is 33.7 Å². The Balaban J connectivity index is 1.99. The van der Waals surface area contributed by atoms with Gasteiger partial charge in [-0.25, -0.2) is 9.19 Å². The number of halogens is 3. The zero-order valence-electron chi connectivity index (χ0n) is 18.8. The summed E-state index contributed by atoms with van der Waals surface area (Å²) in [4.78, 5) is 17.3. The standard InChI is InChI=1S/C22H21F3N6O2S/c1-21(2,3)34(33)29-16(12-5-8-15(22(23,24)25)13(9-12)10-26)19-17-18(28-30(19)4)20(32)31(11-27-17)14-6-7-14/h5,8-9,11,14H,6-7H2,1-4H3. The summed E-state index contributed by atoms with van der Waals surface area (Å²) >= 11 is 0. The van der Waals surface area contributed by atoms with Crippen LogP contribution in [0.4, 0.5) is 13.2 Å². The second-order valence-electron chi connectivity index (χ2n) is 9.03. The molecular formula is C22H21F3N6O2S. The molecule has 0 amide bonds. The van der Waals surface area contributed by atoms with Crippen LogP contribution in [0.2, 0.25) is 0 Å². The van der Waals surface area contributed by atoms with Gasteiger partial charge in [-0.1, -0.05) is 6.07 Å². The molecule has 1 fully saturated rings. The molecule has 12 heteroatoms. The smallest absolute Gasteiger partial charge is 0.294 e. The van der Waals surface area contributed by atoms with Gasteiger partial charge in [0.2, 0.25) is 0 Å². The predicted molar refractivity (Wildman–Crippen MR) is 121 cm³/mol. The number of aromatic nitrogens is 4. The van der Waals surface area contributed by atoms with Crippen molar-refractivity contribution in [1.82, 2.24) is 19.3 Å². The van der Waals surface area contributed by atoms with E-state index in [1.165, 1.54) is 15.6 Å². The largest absolute Gasteiger partial charge is 0.417 e. The van der Waals surface area contributed by atoms with Gasteiger partial charge in [0, 0.05) is 18.7 Å². The lowest BCUT2D eigenvalue weighted by atomic mass is 9.99. The molecule has 34 heavy (non-hydrogen) atoms. The third-order valence-electron chi connectivity index (χ3n) is 5.35. The summed E-state index contributed by atoms with van der Waals surface area (Å²) in [5.74, 6) is 0. The fourth-order valence-electron chi connectivity index (χ4n) is 3.44. The molecule has 2 aromatic heterocycles. The van der Waals surface area contributed by atoms with Crippen molar-refractivity contribution >= 4 is 27.7 Å². The van der Waals surface area contributed by atoms with Crippen molar-refractivity contribution in [2.75, 3.05) is 0 Å². The average Bonchev–Trinajstić information content (AvgIpc) is 3.53. The third-order valence-corrected chi connectivity index (χ3v) is 6.75. The van der Waals surface area contributed by atoms with Gasteiger partial charge in [-0.3, -0.25) is 14.0 Å². The minimum atomic E-state index is -4.72. The molecule has 1 aliphatic rings. The summed E-state index contributed by atoms with van der Waals surface area (Å²) in [7, 11) is -0.267. The van der Waals surface area contributed by atoms with Crippen LogP contribution in [0.3, 0.4) is 0 Å². The molecule has 0 spiro atoms. The highest BCUT2D eigenvalue weighted by Gasteiger charge is 2.34. The Kier molecular flexibility index (Phi) is 5.72. The Morgan fingerprint density at radius 3 is 2.47 bits per heavy atom. The number of hydrogen-bond donors (Lipinski definition) is 0. The van der Waals surface area contributed by atoms with E-state index in [2.05, 4.69) is 14.5 Å². The maximum Gasteiger partial charge on any atom is 0.417 e. The molecule has 1 saturated carbocycles. The van der Waals surface area contributed by atoms with Crippen molar-refractivity contribution < 1.29 is 17.4 Å². The van der Waals surface area contributed by atoms with Crippen molar-refractivity contribution in [1.29, 1.82) is 5.26 Å². The Labute approximate surface area is 195 Å². The Hall–Kier alpha value is -3.33. The van der Waals surface area contributed by atoms with E-state index in [-0.39, 0.29) is 39.6 Å². The van der Waals surface area contributed by atoms with E-state index >= 15 is 0 Å². The van der Waals surface area contributed by atoms with Crippen LogP contribution in [0.1, 0.15) is 62.0 Å². The second-order valence-corrected chi connectivity index (χ2v) is 10.9. The average molecular weight is 491 g/mol. The lowest BCUT2D eigenvalue weighted by molar-refractivity contribution is -0.137. The summed E-state index contributed by atoms with van der Waals surface area (Å²) < 4.78 is 59.4. The highest BCUT2D eigenvalue weighted by atomic mass is 32.2. The minimum absolute atomic E-state index is 0.0274. The summed E-state index contributed by atoms with van der Waals surface area (Å²) in [5.41, 5.74) is -1.39. The molecule has 0 aliphatic heterocycles. The summed E-state index contributed by atoms with van der Waals surface area (Å²) in [6, 6.07) is 4.64. The predicted octanol–water partition coefficient (Wildman–Crippen LogP) is 3.65. The molecule has 0 radical (unpaired) electrons. The lowest BCUT2D eigenvalue weighted by Crippen LogP contribution is -2.22. The van der Waals surface area contributed by atoms with Crippen molar-refractivity contribution in [2.24, 2.45) is 11.4 Å². The van der Waals surface area contributed by atoms with Crippen molar-refractivity contribution in [3.8, 4) is 6.07 Å². The molecule has 2 heterocycles.